The van der Waals surface area contributed by atoms with E-state index in [9.17, 15) is 8.42 Å². The van der Waals surface area contributed by atoms with Crippen LogP contribution in [-0.4, -0.2) is 31.4 Å². The first kappa shape index (κ1) is 12.9. The summed E-state index contributed by atoms with van der Waals surface area (Å²) in [7, 11) is -3.09. The van der Waals surface area contributed by atoms with Gasteiger partial charge in [0.15, 0.2) is 0 Å². The summed E-state index contributed by atoms with van der Waals surface area (Å²) < 4.78 is 26.0. The summed E-state index contributed by atoms with van der Waals surface area (Å²) >= 11 is 0. The van der Waals surface area contributed by atoms with E-state index in [2.05, 4.69) is 4.72 Å². The van der Waals surface area contributed by atoms with E-state index < -0.39 is 10.0 Å². The maximum atomic E-state index is 11.7. The molecule has 2 N–H and O–H groups in total. The Morgan fingerprint density at radius 3 is 2.53 bits per heavy atom. The highest BCUT2D eigenvalue weighted by molar-refractivity contribution is 7.90. The second-order valence-corrected chi connectivity index (χ2v) is 6.38. The standard InChI is InChI=1S/C10H21NO3S/c1-9(12)5-4-8-11-15(13,14)10-6-2-3-7-10/h9-12H,2-8H2,1H3. The van der Waals surface area contributed by atoms with E-state index in [0.29, 0.717) is 19.4 Å². The summed E-state index contributed by atoms with van der Waals surface area (Å²) in [6.45, 7) is 2.16. The summed E-state index contributed by atoms with van der Waals surface area (Å²) in [4.78, 5) is 0. The normalized spacial score (nSPS) is 20.7. The molecule has 1 aliphatic carbocycles. The molecule has 1 fully saturated rings. The molecule has 1 atom stereocenters. The van der Waals surface area contributed by atoms with Gasteiger partial charge in [0.05, 0.1) is 11.4 Å². The maximum Gasteiger partial charge on any atom is 0.214 e. The Kier molecular flexibility index (Phi) is 5.02. The van der Waals surface area contributed by atoms with Crippen LogP contribution in [0.5, 0.6) is 0 Å². The van der Waals surface area contributed by atoms with Crippen molar-refractivity contribution in [1.29, 1.82) is 0 Å². The van der Waals surface area contributed by atoms with E-state index in [1.54, 1.807) is 6.92 Å². The van der Waals surface area contributed by atoms with Crippen LogP contribution in [0.15, 0.2) is 0 Å². The third kappa shape index (κ3) is 4.49. The fraction of sp³-hybridized carbons (Fsp3) is 1.00. The highest BCUT2D eigenvalue weighted by Crippen LogP contribution is 2.23. The van der Waals surface area contributed by atoms with Crippen LogP contribution in [-0.2, 0) is 10.0 Å². The predicted molar refractivity (Wildman–Crippen MR) is 60.1 cm³/mol. The van der Waals surface area contributed by atoms with Crippen molar-refractivity contribution in [2.24, 2.45) is 0 Å². The number of rotatable bonds is 6. The number of sulfonamides is 1. The van der Waals surface area contributed by atoms with Crippen molar-refractivity contribution in [1.82, 2.24) is 4.72 Å². The lowest BCUT2D eigenvalue weighted by Crippen LogP contribution is -2.33. The van der Waals surface area contributed by atoms with Gasteiger partial charge in [0.25, 0.3) is 0 Å². The molecule has 0 heterocycles. The Labute approximate surface area is 92.1 Å². The van der Waals surface area contributed by atoms with Gasteiger partial charge in [0, 0.05) is 6.54 Å². The number of hydrogen-bond acceptors (Lipinski definition) is 3. The van der Waals surface area contributed by atoms with Gasteiger partial charge in [-0.15, -0.1) is 0 Å². The van der Waals surface area contributed by atoms with E-state index in [4.69, 9.17) is 5.11 Å². The highest BCUT2D eigenvalue weighted by atomic mass is 32.2. The zero-order valence-electron chi connectivity index (χ0n) is 9.28. The summed E-state index contributed by atoms with van der Waals surface area (Å²) in [6, 6.07) is 0. The molecule has 0 saturated heterocycles. The molecule has 0 aromatic heterocycles. The topological polar surface area (TPSA) is 66.4 Å². The first-order valence-corrected chi connectivity index (χ1v) is 7.23. The lowest BCUT2D eigenvalue weighted by Gasteiger charge is -2.12. The van der Waals surface area contributed by atoms with Crippen molar-refractivity contribution in [3.05, 3.63) is 0 Å². The molecule has 1 saturated carbocycles. The summed E-state index contributed by atoms with van der Waals surface area (Å²) in [5.74, 6) is 0. The molecule has 0 aromatic rings. The van der Waals surface area contributed by atoms with E-state index in [1.165, 1.54) is 0 Å². The average molecular weight is 235 g/mol. The van der Waals surface area contributed by atoms with Gasteiger partial charge in [0.1, 0.15) is 0 Å². The summed E-state index contributed by atoms with van der Waals surface area (Å²) in [5, 5.41) is 8.84. The van der Waals surface area contributed by atoms with Gasteiger partial charge in [-0.05, 0) is 32.6 Å². The fourth-order valence-electron chi connectivity index (χ4n) is 1.93. The first-order chi connectivity index (χ1) is 7.02. The van der Waals surface area contributed by atoms with Gasteiger partial charge in [-0.1, -0.05) is 12.8 Å². The van der Waals surface area contributed by atoms with Crippen LogP contribution in [0, 0.1) is 0 Å². The van der Waals surface area contributed by atoms with Gasteiger partial charge in [-0.3, -0.25) is 0 Å². The van der Waals surface area contributed by atoms with Crippen LogP contribution >= 0.6 is 0 Å². The van der Waals surface area contributed by atoms with Crippen LogP contribution < -0.4 is 4.72 Å². The fourth-order valence-corrected chi connectivity index (χ4v) is 3.55. The highest BCUT2D eigenvalue weighted by Gasteiger charge is 2.27. The molecule has 5 heteroatoms. The summed E-state index contributed by atoms with van der Waals surface area (Å²) in [5.41, 5.74) is 0. The molecule has 4 nitrogen and oxygen atoms in total. The molecule has 0 radical (unpaired) electrons. The quantitative estimate of drug-likeness (QED) is 0.675. The largest absolute Gasteiger partial charge is 0.393 e. The van der Waals surface area contributed by atoms with E-state index in [-0.39, 0.29) is 11.4 Å². The van der Waals surface area contributed by atoms with Crippen molar-refractivity contribution in [3.8, 4) is 0 Å². The zero-order valence-corrected chi connectivity index (χ0v) is 10.1. The monoisotopic (exact) mass is 235 g/mol. The smallest absolute Gasteiger partial charge is 0.214 e. The van der Waals surface area contributed by atoms with Gasteiger partial charge < -0.3 is 5.11 Å². The molecule has 1 unspecified atom stereocenters. The Morgan fingerprint density at radius 1 is 1.40 bits per heavy atom. The third-order valence-electron chi connectivity index (χ3n) is 2.84. The molecule has 0 aliphatic heterocycles. The minimum Gasteiger partial charge on any atom is -0.393 e. The first-order valence-electron chi connectivity index (χ1n) is 5.69. The maximum absolute atomic E-state index is 11.7. The van der Waals surface area contributed by atoms with E-state index in [1.807, 2.05) is 0 Å². The Bertz CT molecular complexity index is 268. The van der Waals surface area contributed by atoms with Crippen LogP contribution in [0.3, 0.4) is 0 Å². The molecule has 0 aromatic carbocycles. The molecule has 1 aliphatic rings. The zero-order chi connectivity index (χ0) is 11.3. The Hall–Kier alpha value is -0.130. The number of nitrogens with one attached hydrogen (secondary N) is 1. The van der Waals surface area contributed by atoms with Gasteiger partial charge in [-0.25, -0.2) is 13.1 Å². The minimum absolute atomic E-state index is 0.177. The molecular formula is C10H21NO3S. The number of aliphatic hydroxyl groups excluding tert-OH is 1. The minimum atomic E-state index is -3.09. The van der Waals surface area contributed by atoms with Gasteiger partial charge in [0.2, 0.25) is 10.0 Å². The van der Waals surface area contributed by atoms with Crippen molar-refractivity contribution in [2.45, 2.75) is 56.8 Å². The van der Waals surface area contributed by atoms with Gasteiger partial charge in [-0.2, -0.15) is 0 Å². The van der Waals surface area contributed by atoms with Crippen molar-refractivity contribution in [2.75, 3.05) is 6.54 Å². The van der Waals surface area contributed by atoms with Crippen molar-refractivity contribution >= 4 is 10.0 Å². The summed E-state index contributed by atoms with van der Waals surface area (Å²) in [6.07, 6.45) is 4.65. The molecule has 1 rings (SSSR count). The Morgan fingerprint density at radius 2 is 2.00 bits per heavy atom. The molecule has 90 valence electrons. The second-order valence-electron chi connectivity index (χ2n) is 4.34. The van der Waals surface area contributed by atoms with Crippen LogP contribution in [0.1, 0.15) is 45.4 Å². The van der Waals surface area contributed by atoms with Crippen LogP contribution in [0.25, 0.3) is 0 Å². The molecule has 0 spiro atoms. The number of hydrogen-bond donors (Lipinski definition) is 2. The SMILES string of the molecule is CC(O)CCCNS(=O)(=O)C1CCCC1. The van der Waals surface area contributed by atoms with Crippen molar-refractivity contribution < 1.29 is 13.5 Å². The van der Waals surface area contributed by atoms with Gasteiger partial charge >= 0.3 is 0 Å². The lowest BCUT2D eigenvalue weighted by atomic mass is 10.2. The van der Waals surface area contributed by atoms with Crippen molar-refractivity contribution in [3.63, 3.8) is 0 Å². The third-order valence-corrected chi connectivity index (χ3v) is 4.80. The molecule has 0 amide bonds. The van der Waals surface area contributed by atoms with Crippen LogP contribution in [0.4, 0.5) is 0 Å². The van der Waals surface area contributed by atoms with E-state index in [0.717, 1.165) is 25.7 Å². The molecular weight excluding hydrogens is 214 g/mol. The van der Waals surface area contributed by atoms with Crippen LogP contribution in [0.2, 0.25) is 0 Å². The average Bonchev–Trinajstić information content (AvgIpc) is 2.65. The van der Waals surface area contributed by atoms with E-state index >= 15 is 0 Å². The number of aliphatic hydroxyl groups is 1. The molecule has 0 bridgehead atoms. The lowest BCUT2D eigenvalue weighted by molar-refractivity contribution is 0.182. The molecule has 15 heavy (non-hydrogen) atoms. The Balaban J connectivity index is 2.24. The second kappa shape index (κ2) is 5.82. The predicted octanol–water partition coefficient (Wildman–Crippen LogP) is 1.01.